The Labute approximate surface area is 119 Å². The van der Waals surface area contributed by atoms with Gasteiger partial charge in [-0.25, -0.2) is 0 Å². The molecule has 1 aromatic rings. The molecule has 5 nitrogen and oxygen atoms in total. The van der Waals surface area contributed by atoms with E-state index in [0.29, 0.717) is 17.5 Å². The number of hydrogen-bond donors (Lipinski definition) is 1. The van der Waals surface area contributed by atoms with Gasteiger partial charge in [0.25, 0.3) is 0 Å². The summed E-state index contributed by atoms with van der Waals surface area (Å²) in [5, 5.41) is 14.0. The highest BCUT2D eigenvalue weighted by Crippen LogP contribution is 2.22. The maximum Gasteiger partial charge on any atom is 0.317 e. The second kappa shape index (κ2) is 6.91. The number of aromatic nitrogens is 2. The van der Waals surface area contributed by atoms with Crippen LogP contribution >= 0.6 is 11.6 Å². The minimum absolute atomic E-state index is 0.0163. The van der Waals surface area contributed by atoms with Gasteiger partial charge in [-0.3, -0.25) is 14.4 Å². The first-order chi connectivity index (χ1) is 8.85. The number of rotatable bonds is 7. The van der Waals surface area contributed by atoms with Gasteiger partial charge in [0.05, 0.1) is 23.0 Å². The van der Waals surface area contributed by atoms with E-state index in [9.17, 15) is 4.79 Å². The van der Waals surface area contributed by atoms with Gasteiger partial charge in [-0.1, -0.05) is 25.4 Å². The number of aliphatic carboxylic acids is 1. The average molecular weight is 288 g/mol. The van der Waals surface area contributed by atoms with Crippen molar-refractivity contribution in [2.45, 2.75) is 40.8 Å². The highest BCUT2D eigenvalue weighted by Gasteiger charge is 2.18. The fourth-order valence-corrected chi connectivity index (χ4v) is 2.32. The summed E-state index contributed by atoms with van der Waals surface area (Å²) in [5.74, 6) is -0.423. The normalized spacial score (nSPS) is 11.5. The van der Waals surface area contributed by atoms with Crippen molar-refractivity contribution in [1.29, 1.82) is 0 Å². The molecule has 0 bridgehead atoms. The van der Waals surface area contributed by atoms with Gasteiger partial charge < -0.3 is 5.11 Å². The lowest BCUT2D eigenvalue weighted by molar-refractivity contribution is -0.138. The summed E-state index contributed by atoms with van der Waals surface area (Å²) in [6.45, 7) is 9.97. The zero-order valence-corrected chi connectivity index (χ0v) is 12.7. The maximum absolute atomic E-state index is 10.9. The van der Waals surface area contributed by atoms with Crippen molar-refractivity contribution in [3.05, 3.63) is 16.4 Å². The highest BCUT2D eigenvalue weighted by molar-refractivity contribution is 6.31. The van der Waals surface area contributed by atoms with Gasteiger partial charge >= 0.3 is 5.97 Å². The Bertz CT molecular complexity index is 443. The Kier molecular flexibility index (Phi) is 5.82. The van der Waals surface area contributed by atoms with E-state index in [2.05, 4.69) is 18.9 Å². The molecule has 0 amide bonds. The minimum Gasteiger partial charge on any atom is -0.480 e. The van der Waals surface area contributed by atoms with Gasteiger partial charge in [0.2, 0.25) is 0 Å². The molecule has 0 saturated heterocycles. The van der Waals surface area contributed by atoms with Crippen LogP contribution in [0.1, 0.15) is 32.2 Å². The van der Waals surface area contributed by atoms with Crippen molar-refractivity contribution < 1.29 is 9.90 Å². The number of carboxylic acid groups (broad SMARTS) is 1. The fraction of sp³-hybridized carbons (Fsp3) is 0.692. The number of aryl methyl sites for hydroxylation is 2. The zero-order valence-electron chi connectivity index (χ0n) is 12.0. The van der Waals surface area contributed by atoms with E-state index in [1.54, 1.807) is 0 Å². The molecule has 0 unspecified atom stereocenters. The Hall–Kier alpha value is -1.07. The van der Waals surface area contributed by atoms with Crippen LogP contribution in [-0.2, 0) is 17.9 Å². The van der Waals surface area contributed by atoms with E-state index in [1.165, 1.54) is 0 Å². The monoisotopic (exact) mass is 287 g/mol. The Morgan fingerprint density at radius 3 is 2.63 bits per heavy atom. The van der Waals surface area contributed by atoms with Crippen molar-refractivity contribution in [2.75, 3.05) is 13.1 Å². The van der Waals surface area contributed by atoms with Crippen LogP contribution in [0.5, 0.6) is 0 Å². The molecule has 1 aromatic heterocycles. The van der Waals surface area contributed by atoms with Crippen molar-refractivity contribution in [2.24, 2.45) is 5.92 Å². The van der Waals surface area contributed by atoms with Crippen LogP contribution in [0.15, 0.2) is 0 Å². The number of halogens is 1. The standard InChI is InChI=1S/C13H22ClN3O2/c1-5-17-11(13(14)10(4)15-17)7-16(6-9(2)3)8-12(18)19/h9H,5-8H2,1-4H3,(H,18,19). The van der Waals surface area contributed by atoms with E-state index in [4.69, 9.17) is 16.7 Å². The summed E-state index contributed by atoms with van der Waals surface area (Å²) in [6, 6.07) is 0. The predicted octanol–water partition coefficient (Wildman–Crippen LogP) is 2.41. The fourth-order valence-electron chi connectivity index (χ4n) is 2.12. The van der Waals surface area contributed by atoms with Crippen LogP contribution in [0, 0.1) is 12.8 Å². The number of hydrogen-bond acceptors (Lipinski definition) is 3. The molecule has 0 aliphatic rings. The van der Waals surface area contributed by atoms with Crippen LogP contribution in [0.2, 0.25) is 5.02 Å². The van der Waals surface area contributed by atoms with Crippen LogP contribution in [0.3, 0.4) is 0 Å². The van der Waals surface area contributed by atoms with E-state index in [-0.39, 0.29) is 6.54 Å². The van der Waals surface area contributed by atoms with Gasteiger partial charge in [0, 0.05) is 19.6 Å². The molecule has 108 valence electrons. The molecule has 1 rings (SSSR count). The van der Waals surface area contributed by atoms with Crippen molar-refractivity contribution in [3.8, 4) is 0 Å². The van der Waals surface area contributed by atoms with E-state index in [1.807, 2.05) is 23.4 Å². The first-order valence-corrected chi connectivity index (χ1v) is 6.88. The molecule has 0 spiro atoms. The Balaban J connectivity index is 2.91. The molecule has 0 aliphatic carbocycles. The summed E-state index contributed by atoms with van der Waals surface area (Å²) in [7, 11) is 0. The molecule has 0 saturated carbocycles. The smallest absolute Gasteiger partial charge is 0.317 e. The first-order valence-electron chi connectivity index (χ1n) is 6.51. The molecule has 1 N–H and O–H groups in total. The molecule has 1 heterocycles. The van der Waals surface area contributed by atoms with E-state index in [0.717, 1.165) is 24.5 Å². The second-order valence-corrected chi connectivity index (χ2v) is 5.50. The summed E-state index contributed by atoms with van der Waals surface area (Å²) >= 11 is 6.25. The van der Waals surface area contributed by atoms with Crippen LogP contribution < -0.4 is 0 Å². The largest absolute Gasteiger partial charge is 0.480 e. The van der Waals surface area contributed by atoms with Gasteiger partial charge in [-0.15, -0.1) is 0 Å². The lowest BCUT2D eigenvalue weighted by Crippen LogP contribution is -2.33. The van der Waals surface area contributed by atoms with Gasteiger partial charge in [0.1, 0.15) is 0 Å². The Morgan fingerprint density at radius 2 is 2.16 bits per heavy atom. The summed E-state index contributed by atoms with van der Waals surface area (Å²) in [5.41, 5.74) is 1.68. The van der Waals surface area contributed by atoms with Crippen molar-refractivity contribution >= 4 is 17.6 Å². The molecule has 19 heavy (non-hydrogen) atoms. The Morgan fingerprint density at radius 1 is 1.53 bits per heavy atom. The minimum atomic E-state index is -0.823. The number of carboxylic acids is 1. The quantitative estimate of drug-likeness (QED) is 0.837. The average Bonchev–Trinajstić information content (AvgIpc) is 2.55. The number of carbonyl (C=O) groups is 1. The van der Waals surface area contributed by atoms with Gasteiger partial charge in [-0.2, -0.15) is 5.10 Å². The third-order valence-electron chi connectivity index (χ3n) is 2.81. The molecule has 6 heteroatoms. The molecule has 0 aliphatic heterocycles. The molecule has 0 radical (unpaired) electrons. The molecule has 0 aromatic carbocycles. The third-order valence-corrected chi connectivity index (χ3v) is 3.30. The summed E-state index contributed by atoms with van der Waals surface area (Å²) in [4.78, 5) is 12.8. The highest BCUT2D eigenvalue weighted by atomic mass is 35.5. The van der Waals surface area contributed by atoms with Gasteiger partial charge in [0.15, 0.2) is 0 Å². The van der Waals surface area contributed by atoms with Crippen LogP contribution in [0.4, 0.5) is 0 Å². The van der Waals surface area contributed by atoms with E-state index < -0.39 is 5.97 Å². The lowest BCUT2D eigenvalue weighted by Gasteiger charge is -2.22. The molecule has 0 atom stereocenters. The first kappa shape index (κ1) is 16.0. The predicted molar refractivity (Wildman–Crippen MR) is 75.4 cm³/mol. The van der Waals surface area contributed by atoms with Gasteiger partial charge in [-0.05, 0) is 19.8 Å². The molecular formula is C13H22ClN3O2. The lowest BCUT2D eigenvalue weighted by atomic mass is 10.2. The van der Waals surface area contributed by atoms with Crippen molar-refractivity contribution in [1.82, 2.24) is 14.7 Å². The zero-order chi connectivity index (χ0) is 14.6. The molecule has 0 fully saturated rings. The summed E-state index contributed by atoms with van der Waals surface area (Å²) < 4.78 is 1.84. The molecular weight excluding hydrogens is 266 g/mol. The SMILES string of the molecule is CCn1nc(C)c(Cl)c1CN(CC(=O)O)CC(C)C. The van der Waals surface area contributed by atoms with E-state index >= 15 is 0 Å². The summed E-state index contributed by atoms with van der Waals surface area (Å²) in [6.07, 6.45) is 0. The second-order valence-electron chi connectivity index (χ2n) is 5.12. The van der Waals surface area contributed by atoms with Crippen LogP contribution in [0.25, 0.3) is 0 Å². The number of nitrogens with zero attached hydrogens (tertiary/aromatic N) is 3. The van der Waals surface area contributed by atoms with Crippen LogP contribution in [-0.4, -0.2) is 38.8 Å². The van der Waals surface area contributed by atoms with Crippen molar-refractivity contribution in [3.63, 3.8) is 0 Å². The topological polar surface area (TPSA) is 58.4 Å². The third kappa shape index (κ3) is 4.51. The maximum atomic E-state index is 10.9.